The van der Waals surface area contributed by atoms with Crippen LogP contribution in [0.15, 0.2) is 40.9 Å². The van der Waals surface area contributed by atoms with Crippen LogP contribution >= 0.6 is 15.9 Å². The zero-order valence-electron chi connectivity index (χ0n) is 11.2. The number of benzene rings is 2. The number of hydrogen-bond acceptors (Lipinski definition) is 1. The monoisotopic (exact) mass is 339 g/mol. The van der Waals surface area contributed by atoms with Gasteiger partial charge in [0.1, 0.15) is 11.6 Å². The first-order valence-electron chi connectivity index (χ1n) is 6.56. The van der Waals surface area contributed by atoms with E-state index >= 15 is 0 Å². The maximum Gasteiger partial charge on any atom is 0.131 e. The summed E-state index contributed by atoms with van der Waals surface area (Å²) in [4.78, 5) is 0. The molecule has 0 aromatic heterocycles. The highest BCUT2D eigenvalue weighted by atomic mass is 79.9. The van der Waals surface area contributed by atoms with Crippen LogP contribution in [0.4, 0.5) is 8.78 Å². The molecule has 0 radical (unpaired) electrons. The van der Waals surface area contributed by atoms with Crippen molar-refractivity contribution in [2.45, 2.75) is 19.9 Å². The molecule has 0 atom stereocenters. The molecule has 0 spiro atoms. The molecule has 0 aliphatic rings. The van der Waals surface area contributed by atoms with Crippen molar-refractivity contribution < 1.29 is 8.78 Å². The van der Waals surface area contributed by atoms with E-state index in [9.17, 15) is 8.78 Å². The molecule has 106 valence electrons. The zero-order chi connectivity index (χ0) is 14.5. The Bertz CT molecular complexity index is 599. The fraction of sp³-hybridized carbons (Fsp3) is 0.250. The van der Waals surface area contributed by atoms with Gasteiger partial charge in [-0.25, -0.2) is 8.78 Å². The fourth-order valence-corrected chi connectivity index (χ4v) is 2.36. The molecular weight excluding hydrogens is 324 g/mol. The summed E-state index contributed by atoms with van der Waals surface area (Å²) in [5.74, 6) is -0.841. The van der Waals surface area contributed by atoms with Crippen molar-refractivity contribution in [2.75, 3.05) is 6.54 Å². The normalized spacial score (nSPS) is 10.8. The molecule has 0 saturated carbocycles. The Balaban J connectivity index is 2.35. The first-order valence-corrected chi connectivity index (χ1v) is 7.35. The van der Waals surface area contributed by atoms with E-state index in [0.29, 0.717) is 12.1 Å². The van der Waals surface area contributed by atoms with Gasteiger partial charge >= 0.3 is 0 Å². The van der Waals surface area contributed by atoms with E-state index < -0.39 is 11.6 Å². The molecule has 2 rings (SSSR count). The molecule has 0 amide bonds. The summed E-state index contributed by atoms with van der Waals surface area (Å²) in [6.45, 7) is 3.63. The minimum Gasteiger partial charge on any atom is -0.313 e. The average Bonchev–Trinajstić information content (AvgIpc) is 2.44. The van der Waals surface area contributed by atoms with Gasteiger partial charge in [0, 0.05) is 22.1 Å². The molecule has 0 fully saturated rings. The van der Waals surface area contributed by atoms with Gasteiger partial charge in [0.25, 0.3) is 0 Å². The molecule has 0 bridgehead atoms. The van der Waals surface area contributed by atoms with Crippen LogP contribution in [0.1, 0.15) is 18.9 Å². The van der Waals surface area contributed by atoms with E-state index in [4.69, 9.17) is 0 Å². The lowest BCUT2D eigenvalue weighted by Crippen LogP contribution is -2.13. The third-order valence-electron chi connectivity index (χ3n) is 3.01. The van der Waals surface area contributed by atoms with Gasteiger partial charge in [-0.3, -0.25) is 0 Å². The Morgan fingerprint density at radius 2 is 1.65 bits per heavy atom. The average molecular weight is 340 g/mol. The highest BCUT2D eigenvalue weighted by Crippen LogP contribution is 2.29. The summed E-state index contributed by atoms with van der Waals surface area (Å²) in [5, 5.41) is 3.25. The van der Waals surface area contributed by atoms with E-state index in [0.717, 1.165) is 23.0 Å². The highest BCUT2D eigenvalue weighted by Gasteiger charge is 2.11. The maximum absolute atomic E-state index is 14.0. The summed E-state index contributed by atoms with van der Waals surface area (Å²) < 4.78 is 28.5. The van der Waals surface area contributed by atoms with Crippen LogP contribution < -0.4 is 5.32 Å². The topological polar surface area (TPSA) is 12.0 Å². The second kappa shape index (κ2) is 6.95. The molecule has 20 heavy (non-hydrogen) atoms. The van der Waals surface area contributed by atoms with Gasteiger partial charge in [0.2, 0.25) is 0 Å². The third kappa shape index (κ3) is 3.64. The van der Waals surface area contributed by atoms with Crippen LogP contribution in [0, 0.1) is 11.6 Å². The summed E-state index contributed by atoms with van der Waals surface area (Å²) in [6.07, 6.45) is 1.04. The van der Waals surface area contributed by atoms with Gasteiger partial charge in [0.05, 0.1) is 0 Å². The van der Waals surface area contributed by atoms with E-state index in [1.54, 1.807) is 24.3 Å². The second-order valence-electron chi connectivity index (χ2n) is 4.62. The van der Waals surface area contributed by atoms with Crippen LogP contribution in [0.2, 0.25) is 0 Å². The molecule has 2 aromatic carbocycles. The van der Waals surface area contributed by atoms with E-state index in [1.165, 1.54) is 12.1 Å². The molecule has 4 heteroatoms. The summed E-state index contributed by atoms with van der Waals surface area (Å²) in [6, 6.07) is 9.33. The van der Waals surface area contributed by atoms with Crippen molar-refractivity contribution in [1.29, 1.82) is 0 Å². The maximum atomic E-state index is 14.0. The standard InChI is InChI=1S/C16H16BrF2N/c1-2-7-20-10-11-3-5-15(18)13(8-11)14-9-12(17)4-6-16(14)19/h3-6,8-9,20H,2,7,10H2,1H3. The highest BCUT2D eigenvalue weighted by molar-refractivity contribution is 9.10. The fourth-order valence-electron chi connectivity index (χ4n) is 2.00. The van der Waals surface area contributed by atoms with Crippen molar-refractivity contribution in [3.8, 4) is 11.1 Å². The van der Waals surface area contributed by atoms with Crippen LogP contribution in [0.3, 0.4) is 0 Å². The molecule has 1 N–H and O–H groups in total. The molecule has 2 aromatic rings. The first-order chi connectivity index (χ1) is 9.61. The van der Waals surface area contributed by atoms with Crippen molar-refractivity contribution in [3.05, 3.63) is 58.1 Å². The molecule has 0 aliphatic carbocycles. The molecular formula is C16H16BrF2N. The van der Waals surface area contributed by atoms with Crippen molar-refractivity contribution in [3.63, 3.8) is 0 Å². The number of rotatable bonds is 5. The Hall–Kier alpha value is -1.26. The number of hydrogen-bond donors (Lipinski definition) is 1. The van der Waals surface area contributed by atoms with E-state index in [-0.39, 0.29) is 5.56 Å². The number of nitrogens with one attached hydrogen (secondary N) is 1. The molecule has 1 nitrogen and oxygen atoms in total. The van der Waals surface area contributed by atoms with Gasteiger partial charge in [0.15, 0.2) is 0 Å². The van der Waals surface area contributed by atoms with Crippen LogP contribution in [0.25, 0.3) is 11.1 Å². The summed E-state index contributed by atoms with van der Waals surface area (Å²) in [7, 11) is 0. The molecule has 0 unspecified atom stereocenters. The van der Waals surface area contributed by atoms with Gasteiger partial charge in [-0.05, 0) is 48.9 Å². The van der Waals surface area contributed by atoms with Crippen molar-refractivity contribution in [1.82, 2.24) is 5.32 Å². The first kappa shape index (κ1) is 15.1. The predicted octanol–water partition coefficient (Wildman–Crippen LogP) is 4.89. The van der Waals surface area contributed by atoms with Crippen molar-refractivity contribution in [2.24, 2.45) is 0 Å². The van der Waals surface area contributed by atoms with Gasteiger partial charge < -0.3 is 5.32 Å². The number of halogens is 3. The minimum atomic E-state index is -0.425. The Morgan fingerprint density at radius 1 is 1.00 bits per heavy atom. The van der Waals surface area contributed by atoms with Crippen LogP contribution in [0.5, 0.6) is 0 Å². The Morgan fingerprint density at radius 3 is 2.35 bits per heavy atom. The van der Waals surface area contributed by atoms with E-state index in [2.05, 4.69) is 28.2 Å². The molecule has 0 saturated heterocycles. The van der Waals surface area contributed by atoms with Crippen LogP contribution in [-0.4, -0.2) is 6.54 Å². The lowest BCUT2D eigenvalue weighted by atomic mass is 10.0. The predicted molar refractivity (Wildman–Crippen MR) is 81.5 cm³/mol. The Kier molecular flexibility index (Phi) is 5.26. The van der Waals surface area contributed by atoms with Crippen LogP contribution in [-0.2, 0) is 6.54 Å². The second-order valence-corrected chi connectivity index (χ2v) is 5.53. The SMILES string of the molecule is CCCNCc1ccc(F)c(-c2cc(Br)ccc2F)c1. The van der Waals surface area contributed by atoms with Crippen molar-refractivity contribution >= 4 is 15.9 Å². The Labute approximate surface area is 126 Å². The lowest BCUT2D eigenvalue weighted by molar-refractivity contribution is 0.614. The molecule has 0 aliphatic heterocycles. The smallest absolute Gasteiger partial charge is 0.131 e. The quantitative estimate of drug-likeness (QED) is 0.764. The van der Waals surface area contributed by atoms with Gasteiger partial charge in [-0.1, -0.05) is 28.9 Å². The zero-order valence-corrected chi connectivity index (χ0v) is 12.8. The lowest BCUT2D eigenvalue weighted by Gasteiger charge is -2.09. The molecule has 0 heterocycles. The minimum absolute atomic E-state index is 0.272. The summed E-state index contributed by atoms with van der Waals surface area (Å²) in [5.41, 5.74) is 1.50. The summed E-state index contributed by atoms with van der Waals surface area (Å²) >= 11 is 3.29. The third-order valence-corrected chi connectivity index (χ3v) is 3.50. The van der Waals surface area contributed by atoms with E-state index in [1.807, 2.05) is 0 Å². The van der Waals surface area contributed by atoms with Gasteiger partial charge in [-0.2, -0.15) is 0 Å². The largest absolute Gasteiger partial charge is 0.313 e. The van der Waals surface area contributed by atoms with Gasteiger partial charge in [-0.15, -0.1) is 0 Å².